The second-order valence-electron chi connectivity index (χ2n) is 8.14. The average molecular weight is 276 g/mol. The number of amides is 1. The first kappa shape index (κ1) is 13.1. The molecule has 5 rings (SSSR count). The molecule has 0 aromatic carbocycles. The van der Waals surface area contributed by atoms with Crippen LogP contribution >= 0.6 is 0 Å². The van der Waals surface area contributed by atoms with Gasteiger partial charge in [-0.05, 0) is 56.9 Å². The summed E-state index contributed by atoms with van der Waals surface area (Å²) in [5, 5.41) is 0. The van der Waals surface area contributed by atoms with Gasteiger partial charge in [0.25, 0.3) is 0 Å². The normalized spacial score (nSPS) is 44.6. The molecule has 2 atom stereocenters. The zero-order valence-electron chi connectivity index (χ0n) is 12.8. The fourth-order valence-electron chi connectivity index (χ4n) is 5.80. The highest BCUT2D eigenvalue weighted by atomic mass is 16.2. The van der Waals surface area contributed by atoms with Crippen molar-refractivity contribution in [1.29, 1.82) is 0 Å². The van der Waals surface area contributed by atoms with Gasteiger partial charge in [0.05, 0.1) is 5.41 Å². The minimum atomic E-state index is 0.0584. The molecular weight excluding hydrogens is 248 g/mol. The maximum atomic E-state index is 13.2. The second kappa shape index (κ2) is 4.72. The van der Waals surface area contributed by atoms with Gasteiger partial charge in [-0.2, -0.15) is 0 Å². The molecule has 5 aliphatic rings. The van der Waals surface area contributed by atoms with E-state index in [0.717, 1.165) is 43.9 Å². The Bertz CT molecular complexity index is 384. The lowest BCUT2D eigenvalue weighted by Crippen LogP contribution is -2.55. The highest BCUT2D eigenvalue weighted by molar-refractivity contribution is 5.83. The Labute approximate surface area is 122 Å². The SMILES string of the molecule is CN1CCN(C(=O)C23CC4C[C@H](CC[C@@H](C4)C2)C3)CC1. The summed E-state index contributed by atoms with van der Waals surface area (Å²) >= 11 is 0. The van der Waals surface area contributed by atoms with Gasteiger partial charge in [0.1, 0.15) is 0 Å². The molecule has 1 amide bonds. The van der Waals surface area contributed by atoms with Crippen LogP contribution in [-0.2, 0) is 4.79 Å². The molecule has 0 N–H and O–H groups in total. The third kappa shape index (κ3) is 2.09. The maximum Gasteiger partial charge on any atom is 0.228 e. The number of nitrogens with zero attached hydrogens (tertiary/aromatic N) is 2. The van der Waals surface area contributed by atoms with E-state index < -0.39 is 0 Å². The van der Waals surface area contributed by atoms with Gasteiger partial charge < -0.3 is 9.80 Å². The molecule has 3 heteroatoms. The zero-order valence-corrected chi connectivity index (χ0v) is 12.8. The average Bonchev–Trinajstić information content (AvgIpc) is 2.65. The minimum absolute atomic E-state index is 0.0584. The summed E-state index contributed by atoms with van der Waals surface area (Å²) in [6.45, 7) is 4.02. The quantitative estimate of drug-likeness (QED) is 0.734. The standard InChI is InChI=1S/C17H28N2O/c1-18-4-6-19(7-5-18)16(20)17-10-13-2-3-14(11-17)9-15(8-13)12-17/h13-15H,2-12H2,1H3/t13-,14-,15?,17?/m0/s1. The van der Waals surface area contributed by atoms with Crippen molar-refractivity contribution in [3.05, 3.63) is 0 Å². The van der Waals surface area contributed by atoms with Crippen molar-refractivity contribution >= 4 is 5.91 Å². The number of hydrogen-bond donors (Lipinski definition) is 0. The zero-order chi connectivity index (χ0) is 13.7. The molecule has 1 heterocycles. The molecule has 4 bridgehead atoms. The number of piperazine rings is 1. The van der Waals surface area contributed by atoms with E-state index in [-0.39, 0.29) is 5.41 Å². The van der Waals surface area contributed by atoms with Gasteiger partial charge in [0.2, 0.25) is 5.91 Å². The van der Waals surface area contributed by atoms with Crippen LogP contribution in [0.3, 0.4) is 0 Å². The molecule has 4 saturated carbocycles. The van der Waals surface area contributed by atoms with Gasteiger partial charge in [-0.1, -0.05) is 12.8 Å². The van der Waals surface area contributed by atoms with E-state index >= 15 is 0 Å². The van der Waals surface area contributed by atoms with Crippen molar-refractivity contribution in [1.82, 2.24) is 9.80 Å². The molecule has 0 aromatic heterocycles. The largest absolute Gasteiger partial charge is 0.340 e. The van der Waals surface area contributed by atoms with Crippen LogP contribution < -0.4 is 0 Å². The van der Waals surface area contributed by atoms with Crippen molar-refractivity contribution in [3.8, 4) is 0 Å². The topological polar surface area (TPSA) is 23.6 Å². The fourth-order valence-corrected chi connectivity index (χ4v) is 5.80. The summed E-state index contributed by atoms with van der Waals surface area (Å²) in [5.74, 6) is 3.12. The fraction of sp³-hybridized carbons (Fsp3) is 0.941. The Morgan fingerprint density at radius 2 is 1.45 bits per heavy atom. The molecule has 0 aromatic rings. The lowest BCUT2D eigenvalue weighted by molar-refractivity contribution is -0.151. The van der Waals surface area contributed by atoms with Crippen LogP contribution in [0.15, 0.2) is 0 Å². The van der Waals surface area contributed by atoms with Crippen LogP contribution in [0.2, 0.25) is 0 Å². The summed E-state index contributed by atoms with van der Waals surface area (Å²) in [7, 11) is 2.16. The van der Waals surface area contributed by atoms with Crippen molar-refractivity contribution in [3.63, 3.8) is 0 Å². The van der Waals surface area contributed by atoms with E-state index in [9.17, 15) is 4.79 Å². The molecule has 3 nitrogen and oxygen atoms in total. The first-order valence-electron chi connectivity index (χ1n) is 8.62. The van der Waals surface area contributed by atoms with E-state index in [1.54, 1.807) is 0 Å². The highest BCUT2D eigenvalue weighted by Crippen LogP contribution is 2.58. The monoisotopic (exact) mass is 276 g/mol. The Morgan fingerprint density at radius 3 is 2.05 bits per heavy atom. The molecule has 112 valence electrons. The van der Waals surface area contributed by atoms with Crippen LogP contribution in [0.1, 0.15) is 44.9 Å². The first-order chi connectivity index (χ1) is 9.64. The van der Waals surface area contributed by atoms with Crippen LogP contribution in [-0.4, -0.2) is 48.9 Å². The third-order valence-electron chi connectivity index (χ3n) is 6.60. The Morgan fingerprint density at radius 1 is 0.900 bits per heavy atom. The smallest absolute Gasteiger partial charge is 0.228 e. The van der Waals surface area contributed by atoms with Crippen molar-refractivity contribution in [2.24, 2.45) is 23.2 Å². The molecule has 4 aliphatic carbocycles. The van der Waals surface area contributed by atoms with Crippen LogP contribution in [0.4, 0.5) is 0 Å². The Balaban J connectivity index is 1.56. The number of carbonyl (C=O) groups excluding carboxylic acids is 1. The van der Waals surface area contributed by atoms with Gasteiger partial charge in [0.15, 0.2) is 0 Å². The van der Waals surface area contributed by atoms with Crippen molar-refractivity contribution in [2.75, 3.05) is 33.2 Å². The van der Waals surface area contributed by atoms with E-state index in [2.05, 4.69) is 16.8 Å². The number of likely N-dealkylation sites (N-methyl/N-ethyl adjacent to an activating group) is 1. The lowest BCUT2D eigenvalue weighted by atomic mass is 9.58. The maximum absolute atomic E-state index is 13.2. The lowest BCUT2D eigenvalue weighted by Gasteiger charge is -2.49. The van der Waals surface area contributed by atoms with Crippen LogP contribution in [0.25, 0.3) is 0 Å². The highest BCUT2D eigenvalue weighted by Gasteiger charge is 2.53. The van der Waals surface area contributed by atoms with Gasteiger partial charge in [-0.15, -0.1) is 0 Å². The van der Waals surface area contributed by atoms with Crippen molar-refractivity contribution in [2.45, 2.75) is 44.9 Å². The third-order valence-corrected chi connectivity index (χ3v) is 6.60. The molecule has 0 spiro atoms. The van der Waals surface area contributed by atoms with Gasteiger partial charge >= 0.3 is 0 Å². The summed E-state index contributed by atoms with van der Waals surface area (Å²) in [5.41, 5.74) is 0.0584. The Kier molecular flexibility index (Phi) is 3.10. The van der Waals surface area contributed by atoms with E-state index in [4.69, 9.17) is 0 Å². The summed E-state index contributed by atoms with van der Waals surface area (Å²) < 4.78 is 0. The molecule has 1 saturated heterocycles. The van der Waals surface area contributed by atoms with Gasteiger partial charge in [0, 0.05) is 26.2 Å². The van der Waals surface area contributed by atoms with E-state index in [1.165, 1.54) is 44.9 Å². The number of carbonyl (C=O) groups is 1. The van der Waals surface area contributed by atoms with Crippen LogP contribution in [0.5, 0.6) is 0 Å². The van der Waals surface area contributed by atoms with E-state index in [1.807, 2.05) is 0 Å². The molecular formula is C17H28N2O. The summed E-state index contributed by atoms with van der Waals surface area (Å²) in [4.78, 5) is 17.8. The van der Waals surface area contributed by atoms with Gasteiger partial charge in [-0.3, -0.25) is 4.79 Å². The molecule has 0 radical (unpaired) electrons. The van der Waals surface area contributed by atoms with Crippen molar-refractivity contribution < 1.29 is 4.79 Å². The van der Waals surface area contributed by atoms with Gasteiger partial charge in [-0.25, -0.2) is 0 Å². The van der Waals surface area contributed by atoms with E-state index in [0.29, 0.717) is 5.91 Å². The molecule has 0 unspecified atom stereocenters. The number of fused-ring (bicyclic) bond motifs is 1. The number of rotatable bonds is 1. The first-order valence-corrected chi connectivity index (χ1v) is 8.62. The molecule has 1 aliphatic heterocycles. The summed E-state index contributed by atoms with van der Waals surface area (Å²) in [6, 6.07) is 0. The summed E-state index contributed by atoms with van der Waals surface area (Å²) in [6.07, 6.45) is 9.29. The predicted molar refractivity (Wildman–Crippen MR) is 79.3 cm³/mol. The molecule has 5 fully saturated rings. The van der Waals surface area contributed by atoms with Crippen LogP contribution in [0, 0.1) is 23.2 Å². The predicted octanol–water partition coefficient (Wildman–Crippen LogP) is 2.37. The second-order valence-corrected chi connectivity index (χ2v) is 8.14. The number of hydrogen-bond acceptors (Lipinski definition) is 2. The Hall–Kier alpha value is -0.570. The minimum Gasteiger partial charge on any atom is -0.340 e. The molecule has 20 heavy (non-hydrogen) atoms.